The summed E-state index contributed by atoms with van der Waals surface area (Å²) in [4.78, 5) is 6.59. The van der Waals surface area contributed by atoms with Gasteiger partial charge >= 0.3 is 0 Å². The molecule has 2 rings (SSSR count). The molecule has 96 valence electrons. The van der Waals surface area contributed by atoms with Crippen LogP contribution in [0.15, 0.2) is 36.5 Å². The number of pyridine rings is 1. The Morgan fingerprint density at radius 2 is 1.94 bits per heavy atom. The van der Waals surface area contributed by atoms with E-state index in [1.165, 1.54) is 5.39 Å². The number of aliphatic hydroxyl groups is 1. The van der Waals surface area contributed by atoms with E-state index < -0.39 is 5.60 Å². The highest BCUT2D eigenvalue weighted by molar-refractivity contribution is 5.92. The van der Waals surface area contributed by atoms with Crippen LogP contribution in [0.1, 0.15) is 20.8 Å². The molecule has 0 aliphatic heterocycles. The maximum absolute atomic E-state index is 9.98. The first-order valence-corrected chi connectivity index (χ1v) is 6.32. The standard InChI is InChI=1S/C15H20N2O/c1-4-17(11-15(2,3)18)14-13-8-6-5-7-12(13)9-10-16-14/h5-10,18H,4,11H2,1-3H3. The zero-order chi connectivity index (χ0) is 13.2. The lowest BCUT2D eigenvalue weighted by molar-refractivity contribution is 0.0875. The Labute approximate surface area is 108 Å². The van der Waals surface area contributed by atoms with Crippen molar-refractivity contribution in [1.82, 2.24) is 4.98 Å². The lowest BCUT2D eigenvalue weighted by Crippen LogP contribution is -2.39. The predicted molar refractivity (Wildman–Crippen MR) is 75.9 cm³/mol. The summed E-state index contributed by atoms with van der Waals surface area (Å²) in [5, 5.41) is 12.3. The van der Waals surface area contributed by atoms with Crippen LogP contribution in [-0.4, -0.2) is 28.8 Å². The smallest absolute Gasteiger partial charge is 0.136 e. The number of fused-ring (bicyclic) bond motifs is 1. The second kappa shape index (κ2) is 4.94. The number of likely N-dealkylation sites (N-methyl/N-ethyl adjacent to an activating group) is 1. The molecule has 3 heteroatoms. The largest absolute Gasteiger partial charge is 0.389 e. The zero-order valence-electron chi connectivity index (χ0n) is 11.2. The van der Waals surface area contributed by atoms with Crippen LogP contribution in [0.5, 0.6) is 0 Å². The molecule has 1 N–H and O–H groups in total. The van der Waals surface area contributed by atoms with Gasteiger partial charge in [-0.2, -0.15) is 0 Å². The van der Waals surface area contributed by atoms with E-state index in [4.69, 9.17) is 0 Å². The van der Waals surface area contributed by atoms with Crippen LogP contribution >= 0.6 is 0 Å². The number of benzene rings is 1. The third kappa shape index (κ3) is 2.79. The Bertz CT molecular complexity index is 526. The summed E-state index contributed by atoms with van der Waals surface area (Å²) >= 11 is 0. The van der Waals surface area contributed by atoms with Crippen LogP contribution in [0.25, 0.3) is 10.8 Å². The topological polar surface area (TPSA) is 36.4 Å². The van der Waals surface area contributed by atoms with Crippen molar-refractivity contribution in [3.05, 3.63) is 36.5 Å². The van der Waals surface area contributed by atoms with Gasteiger partial charge < -0.3 is 10.0 Å². The fourth-order valence-corrected chi connectivity index (χ4v) is 2.16. The van der Waals surface area contributed by atoms with Gasteiger partial charge in [-0.25, -0.2) is 4.98 Å². The molecule has 0 aliphatic rings. The lowest BCUT2D eigenvalue weighted by atomic mass is 10.1. The van der Waals surface area contributed by atoms with Gasteiger partial charge in [0.1, 0.15) is 5.82 Å². The molecule has 0 saturated carbocycles. The van der Waals surface area contributed by atoms with Gasteiger partial charge in [-0.15, -0.1) is 0 Å². The molecule has 0 spiro atoms. The molecule has 0 atom stereocenters. The Morgan fingerprint density at radius 1 is 1.22 bits per heavy atom. The summed E-state index contributed by atoms with van der Waals surface area (Å²) < 4.78 is 0. The van der Waals surface area contributed by atoms with Crippen LogP contribution in [0, 0.1) is 0 Å². The fraction of sp³-hybridized carbons (Fsp3) is 0.400. The van der Waals surface area contributed by atoms with Crippen LogP contribution in [0.4, 0.5) is 5.82 Å². The van der Waals surface area contributed by atoms with Crippen LogP contribution < -0.4 is 4.90 Å². The van der Waals surface area contributed by atoms with Gasteiger partial charge in [0.25, 0.3) is 0 Å². The first-order chi connectivity index (χ1) is 8.51. The van der Waals surface area contributed by atoms with Crippen molar-refractivity contribution in [3.63, 3.8) is 0 Å². The molecule has 0 aliphatic carbocycles. The Hall–Kier alpha value is -1.61. The van der Waals surface area contributed by atoms with E-state index in [9.17, 15) is 5.11 Å². The van der Waals surface area contributed by atoms with Gasteiger partial charge in [-0.05, 0) is 32.2 Å². The van der Waals surface area contributed by atoms with Crippen molar-refractivity contribution in [2.75, 3.05) is 18.0 Å². The van der Waals surface area contributed by atoms with Gasteiger partial charge in [0.05, 0.1) is 5.60 Å². The Balaban J connectivity index is 2.45. The summed E-state index contributed by atoms with van der Waals surface area (Å²) in [6.45, 7) is 7.12. The van der Waals surface area contributed by atoms with Crippen molar-refractivity contribution in [2.24, 2.45) is 0 Å². The van der Waals surface area contributed by atoms with Gasteiger partial charge in [-0.1, -0.05) is 24.3 Å². The molecular weight excluding hydrogens is 224 g/mol. The highest BCUT2D eigenvalue weighted by atomic mass is 16.3. The van der Waals surface area contributed by atoms with E-state index >= 15 is 0 Å². The highest BCUT2D eigenvalue weighted by Crippen LogP contribution is 2.25. The Morgan fingerprint density at radius 3 is 2.61 bits per heavy atom. The molecule has 0 bridgehead atoms. The third-order valence-electron chi connectivity index (χ3n) is 2.91. The van der Waals surface area contributed by atoms with Gasteiger partial charge in [0.15, 0.2) is 0 Å². The van der Waals surface area contributed by atoms with Gasteiger partial charge in [0.2, 0.25) is 0 Å². The highest BCUT2D eigenvalue weighted by Gasteiger charge is 2.19. The molecule has 1 aromatic heterocycles. The van der Waals surface area contributed by atoms with Crippen molar-refractivity contribution in [2.45, 2.75) is 26.4 Å². The second-order valence-corrected chi connectivity index (χ2v) is 5.18. The lowest BCUT2D eigenvalue weighted by Gasteiger charge is -2.29. The average molecular weight is 244 g/mol. The molecule has 0 fully saturated rings. The van der Waals surface area contributed by atoms with E-state index in [2.05, 4.69) is 28.9 Å². The number of anilines is 1. The summed E-state index contributed by atoms with van der Waals surface area (Å²) in [7, 11) is 0. The zero-order valence-corrected chi connectivity index (χ0v) is 11.2. The minimum absolute atomic E-state index is 0.574. The van der Waals surface area contributed by atoms with Crippen LogP contribution in [0.3, 0.4) is 0 Å². The predicted octanol–water partition coefficient (Wildman–Crippen LogP) is 2.83. The van der Waals surface area contributed by atoms with E-state index in [-0.39, 0.29) is 0 Å². The molecule has 18 heavy (non-hydrogen) atoms. The molecule has 1 aromatic carbocycles. The molecule has 3 nitrogen and oxygen atoms in total. The number of aromatic nitrogens is 1. The molecule has 0 radical (unpaired) electrons. The summed E-state index contributed by atoms with van der Waals surface area (Å²) in [6, 6.07) is 10.2. The average Bonchev–Trinajstić information content (AvgIpc) is 2.34. The fourth-order valence-electron chi connectivity index (χ4n) is 2.16. The van der Waals surface area contributed by atoms with Gasteiger partial charge in [-0.3, -0.25) is 0 Å². The second-order valence-electron chi connectivity index (χ2n) is 5.18. The van der Waals surface area contributed by atoms with Crippen molar-refractivity contribution >= 4 is 16.6 Å². The SMILES string of the molecule is CCN(CC(C)(C)O)c1nccc2ccccc12. The number of rotatable bonds is 4. The molecular formula is C15H20N2O. The molecule has 0 saturated heterocycles. The minimum Gasteiger partial charge on any atom is -0.389 e. The van der Waals surface area contributed by atoms with E-state index in [1.807, 2.05) is 38.2 Å². The van der Waals surface area contributed by atoms with E-state index in [0.29, 0.717) is 6.54 Å². The maximum Gasteiger partial charge on any atom is 0.136 e. The monoisotopic (exact) mass is 244 g/mol. The number of nitrogens with zero attached hydrogens (tertiary/aromatic N) is 2. The minimum atomic E-state index is -0.728. The van der Waals surface area contributed by atoms with Crippen LogP contribution in [0.2, 0.25) is 0 Å². The molecule has 1 heterocycles. The molecule has 0 amide bonds. The summed E-state index contributed by atoms with van der Waals surface area (Å²) in [6.07, 6.45) is 1.82. The van der Waals surface area contributed by atoms with Crippen molar-refractivity contribution in [1.29, 1.82) is 0 Å². The number of hydrogen-bond acceptors (Lipinski definition) is 3. The van der Waals surface area contributed by atoms with Crippen molar-refractivity contribution in [3.8, 4) is 0 Å². The summed E-state index contributed by atoms with van der Waals surface area (Å²) in [5.74, 6) is 0.942. The van der Waals surface area contributed by atoms with Crippen molar-refractivity contribution < 1.29 is 5.11 Å². The normalized spacial score (nSPS) is 11.8. The molecule has 2 aromatic rings. The quantitative estimate of drug-likeness (QED) is 0.898. The van der Waals surface area contributed by atoms with E-state index in [0.717, 1.165) is 17.7 Å². The summed E-state index contributed by atoms with van der Waals surface area (Å²) in [5.41, 5.74) is -0.728. The first kappa shape index (κ1) is 12.8. The molecule has 0 unspecified atom stereocenters. The third-order valence-corrected chi connectivity index (χ3v) is 2.91. The maximum atomic E-state index is 9.98. The van der Waals surface area contributed by atoms with Gasteiger partial charge in [0, 0.05) is 24.7 Å². The number of hydrogen-bond donors (Lipinski definition) is 1. The Kier molecular flexibility index (Phi) is 3.53. The van der Waals surface area contributed by atoms with E-state index in [1.54, 1.807) is 0 Å². The first-order valence-electron chi connectivity index (χ1n) is 6.32. The van der Waals surface area contributed by atoms with Crippen LogP contribution in [-0.2, 0) is 0 Å².